The molecule has 2 bridgehead atoms. The van der Waals surface area contributed by atoms with Crippen LogP contribution in [0, 0.1) is 11.8 Å². The summed E-state index contributed by atoms with van der Waals surface area (Å²) in [4.78, 5) is 20.7. The molecule has 3 atom stereocenters. The van der Waals surface area contributed by atoms with Crippen molar-refractivity contribution in [3.05, 3.63) is 34.7 Å². The lowest BCUT2D eigenvalue weighted by atomic mass is 10.1. The van der Waals surface area contributed by atoms with Gasteiger partial charge in [0.25, 0.3) is 5.91 Å². The van der Waals surface area contributed by atoms with E-state index in [9.17, 15) is 9.90 Å². The third-order valence-electron chi connectivity index (χ3n) is 8.98. The molecule has 2 saturated carbocycles. The number of fused-ring (bicyclic) bond motifs is 4. The first-order valence-electron chi connectivity index (χ1n) is 13.8. The van der Waals surface area contributed by atoms with E-state index in [1.54, 1.807) is 18.4 Å². The maximum absolute atomic E-state index is 13.6. The van der Waals surface area contributed by atoms with Gasteiger partial charge in [0, 0.05) is 44.4 Å². The molecule has 200 valence electrons. The van der Waals surface area contributed by atoms with Gasteiger partial charge < -0.3 is 29.6 Å². The average Bonchev–Trinajstić information content (AvgIpc) is 3.17. The van der Waals surface area contributed by atoms with Gasteiger partial charge in [-0.05, 0) is 79.5 Å². The number of rotatable bonds is 8. The van der Waals surface area contributed by atoms with Crippen molar-refractivity contribution in [3.8, 4) is 17.3 Å². The molecule has 38 heavy (non-hydrogen) atoms. The highest BCUT2D eigenvalue weighted by Crippen LogP contribution is 2.41. The molecule has 4 heterocycles. The number of thiophene rings is 1. The summed E-state index contributed by atoms with van der Waals surface area (Å²) in [6, 6.07) is 6.26. The Hall–Kier alpha value is -2.88. The Bertz CT molecular complexity index is 1550. The van der Waals surface area contributed by atoms with Gasteiger partial charge in [0.2, 0.25) is 0 Å². The highest BCUT2D eigenvalue weighted by molar-refractivity contribution is 7.17. The van der Waals surface area contributed by atoms with Gasteiger partial charge in [-0.25, -0.2) is 4.98 Å². The fourth-order valence-electron chi connectivity index (χ4n) is 6.78. The molecular formula is C29H35N5O3S. The number of carbonyl (C=O) groups is 1. The van der Waals surface area contributed by atoms with E-state index in [-0.39, 0.29) is 24.6 Å². The smallest absolute Gasteiger partial charge is 0.254 e. The number of methoxy groups -OCH3 is 1. The molecule has 9 heteroatoms. The van der Waals surface area contributed by atoms with Crippen LogP contribution < -0.4 is 10.5 Å². The fourth-order valence-corrected chi connectivity index (χ4v) is 7.81. The maximum atomic E-state index is 13.6. The van der Waals surface area contributed by atoms with Crippen molar-refractivity contribution in [2.75, 3.05) is 20.3 Å². The Morgan fingerprint density at radius 1 is 1.21 bits per heavy atom. The number of hydrogen-bond acceptors (Lipinski definition) is 6. The third-order valence-corrected chi connectivity index (χ3v) is 9.95. The highest BCUT2D eigenvalue weighted by Gasteiger charge is 2.47. The Balaban J connectivity index is 1.33. The number of aromatic nitrogens is 3. The molecule has 0 radical (unpaired) electrons. The number of amides is 1. The molecule has 8 nitrogen and oxygen atoms in total. The number of likely N-dealkylation sites (tertiary alicyclic amines) is 1. The minimum atomic E-state index is 0.0196. The van der Waals surface area contributed by atoms with E-state index < -0.39 is 0 Å². The number of aliphatic hydroxyl groups is 1. The summed E-state index contributed by atoms with van der Waals surface area (Å²) in [5.74, 6) is 2.66. The van der Waals surface area contributed by atoms with Crippen LogP contribution in [0.5, 0.6) is 5.75 Å². The normalized spacial score (nSPS) is 22.8. The van der Waals surface area contributed by atoms with Crippen molar-refractivity contribution in [3.63, 3.8) is 0 Å². The number of aliphatic hydroxyl groups excluding tert-OH is 1. The van der Waals surface area contributed by atoms with Crippen LogP contribution in [0.2, 0.25) is 0 Å². The lowest BCUT2D eigenvalue weighted by molar-refractivity contribution is 0.0700. The number of hydrogen-bond donors (Lipinski definition) is 2. The number of nitrogens with two attached hydrogens (primary N) is 1. The van der Waals surface area contributed by atoms with Crippen LogP contribution in [0.3, 0.4) is 0 Å². The number of carbonyl (C=O) groups excluding carboxylic acids is 1. The minimum absolute atomic E-state index is 0.0196. The molecule has 3 fully saturated rings. The van der Waals surface area contributed by atoms with E-state index in [4.69, 9.17) is 15.5 Å². The largest absolute Gasteiger partial charge is 0.494 e. The zero-order valence-electron chi connectivity index (χ0n) is 22.0. The fraction of sp³-hybridized carbons (Fsp3) is 0.517. The van der Waals surface area contributed by atoms with Gasteiger partial charge in [-0.15, -0.1) is 11.3 Å². The zero-order valence-corrected chi connectivity index (χ0v) is 22.8. The van der Waals surface area contributed by atoms with Gasteiger partial charge >= 0.3 is 0 Å². The summed E-state index contributed by atoms with van der Waals surface area (Å²) in [6.07, 6.45) is 6.26. The molecular weight excluding hydrogens is 498 g/mol. The van der Waals surface area contributed by atoms with Crippen LogP contribution in [-0.4, -0.2) is 62.4 Å². The Morgan fingerprint density at radius 3 is 2.74 bits per heavy atom. The van der Waals surface area contributed by atoms with Crippen molar-refractivity contribution in [1.29, 1.82) is 0 Å². The van der Waals surface area contributed by atoms with Gasteiger partial charge in [-0.1, -0.05) is 0 Å². The van der Waals surface area contributed by atoms with Crippen LogP contribution in [0.4, 0.5) is 0 Å². The van der Waals surface area contributed by atoms with Gasteiger partial charge in [-0.3, -0.25) is 4.79 Å². The van der Waals surface area contributed by atoms with E-state index in [2.05, 4.69) is 20.6 Å². The number of nitrogens with zero attached hydrogens (tertiary/aromatic N) is 4. The summed E-state index contributed by atoms with van der Waals surface area (Å²) < 4.78 is 11.6. The Kier molecular flexibility index (Phi) is 5.79. The van der Waals surface area contributed by atoms with Crippen molar-refractivity contribution in [2.45, 2.75) is 57.2 Å². The van der Waals surface area contributed by atoms with Gasteiger partial charge in [0.1, 0.15) is 11.3 Å². The second-order valence-corrected chi connectivity index (χ2v) is 12.3. The van der Waals surface area contributed by atoms with Gasteiger partial charge in [0.05, 0.1) is 28.5 Å². The average molecular weight is 534 g/mol. The molecule has 3 aromatic heterocycles. The summed E-state index contributed by atoms with van der Waals surface area (Å²) in [7, 11) is 3.69. The van der Waals surface area contributed by atoms with E-state index in [0.29, 0.717) is 23.1 Å². The van der Waals surface area contributed by atoms with Gasteiger partial charge in [-0.2, -0.15) is 0 Å². The number of aryl methyl sites for hydroxylation is 2. The Labute approximate surface area is 226 Å². The van der Waals surface area contributed by atoms with E-state index in [0.717, 1.165) is 61.3 Å². The van der Waals surface area contributed by atoms with Crippen LogP contribution in [0.1, 0.15) is 48.0 Å². The number of benzene rings is 1. The van der Waals surface area contributed by atoms with Crippen LogP contribution in [0.25, 0.3) is 32.8 Å². The molecule has 3 aliphatic rings. The van der Waals surface area contributed by atoms with Crippen LogP contribution >= 0.6 is 11.3 Å². The number of imidazole rings is 1. The molecule has 2 aliphatic carbocycles. The first-order chi connectivity index (χ1) is 18.5. The lowest BCUT2D eigenvalue weighted by Crippen LogP contribution is -2.41. The van der Waals surface area contributed by atoms with Crippen molar-refractivity contribution in [1.82, 2.24) is 19.0 Å². The second-order valence-electron chi connectivity index (χ2n) is 11.4. The first kappa shape index (κ1) is 24.2. The molecule has 1 amide bonds. The number of piperidine rings is 1. The molecule has 3 N–H and O–H groups in total. The molecule has 1 aromatic carbocycles. The summed E-state index contributed by atoms with van der Waals surface area (Å²) in [6.45, 7) is 1.91. The molecule has 4 aromatic rings. The van der Waals surface area contributed by atoms with E-state index >= 15 is 0 Å². The Morgan fingerprint density at radius 2 is 2.05 bits per heavy atom. The number of ether oxygens (including phenoxy) is 1. The first-order valence-corrected chi connectivity index (χ1v) is 14.7. The van der Waals surface area contributed by atoms with Crippen molar-refractivity contribution < 1.29 is 14.6 Å². The predicted octanol–water partition coefficient (Wildman–Crippen LogP) is 4.16. The van der Waals surface area contributed by atoms with Gasteiger partial charge in [0.15, 0.2) is 5.82 Å². The third kappa shape index (κ3) is 3.70. The second kappa shape index (κ2) is 9.10. The molecule has 1 aliphatic heterocycles. The molecule has 0 spiro atoms. The highest BCUT2D eigenvalue weighted by atomic mass is 32.1. The SMILES string of the molecule is COc1cc(C(=O)N2C[C@H]3CC[C@@H]2[C@@H]3N)cc2nc(-c3cc4scc(CCCO)c4n3CC3CC3)n(C)c12. The maximum Gasteiger partial charge on any atom is 0.254 e. The predicted molar refractivity (Wildman–Crippen MR) is 150 cm³/mol. The van der Waals surface area contributed by atoms with Crippen molar-refractivity contribution in [2.24, 2.45) is 24.6 Å². The molecule has 0 unspecified atom stereocenters. The monoisotopic (exact) mass is 533 g/mol. The topological polar surface area (TPSA) is 98.5 Å². The summed E-state index contributed by atoms with van der Waals surface area (Å²) in [5, 5.41) is 11.7. The van der Waals surface area contributed by atoms with Crippen LogP contribution in [-0.2, 0) is 20.0 Å². The zero-order chi connectivity index (χ0) is 26.1. The van der Waals surface area contributed by atoms with E-state index in [1.807, 2.05) is 24.1 Å². The molecule has 1 saturated heterocycles. The summed E-state index contributed by atoms with van der Waals surface area (Å²) >= 11 is 1.76. The standard InChI is InChI=1S/C29H35N5O3S/c1-32-27-20(10-19(11-23(27)37-2)29(36)34-14-17-7-8-21(34)25(17)30)31-28(32)22-12-24-26(33(22)13-16-5-6-16)18(15-38-24)4-3-9-35/h10-12,15-17,21,25,35H,3-9,13-14,30H2,1-2H3/t17-,21-,25-/m1/s1. The quantitative estimate of drug-likeness (QED) is 0.354. The minimum Gasteiger partial charge on any atom is -0.494 e. The van der Waals surface area contributed by atoms with Crippen molar-refractivity contribution >= 4 is 38.5 Å². The summed E-state index contributed by atoms with van der Waals surface area (Å²) in [5.41, 5.74) is 12.3. The molecule has 7 rings (SSSR count). The van der Waals surface area contributed by atoms with Crippen LogP contribution in [0.15, 0.2) is 23.6 Å². The lowest BCUT2D eigenvalue weighted by Gasteiger charge is -2.27. The van der Waals surface area contributed by atoms with E-state index in [1.165, 1.54) is 28.6 Å².